The van der Waals surface area contributed by atoms with Crippen LogP contribution < -0.4 is 5.32 Å². The van der Waals surface area contributed by atoms with E-state index in [1.807, 2.05) is 0 Å². The van der Waals surface area contributed by atoms with Gasteiger partial charge in [-0.05, 0) is 19.4 Å². The van der Waals surface area contributed by atoms with Gasteiger partial charge in [0.15, 0.2) is 0 Å². The Bertz CT molecular complexity index is 99.8. The monoisotopic (exact) mass is 142 g/mol. The van der Waals surface area contributed by atoms with Crippen LogP contribution in [-0.2, 0) is 9.53 Å². The molecule has 0 aromatic rings. The Hall–Kier alpha value is -0.570. The van der Waals surface area contributed by atoms with Crippen molar-refractivity contribution in [3.8, 4) is 0 Å². The van der Waals surface area contributed by atoms with Crippen molar-refractivity contribution in [1.29, 1.82) is 0 Å². The molecule has 0 aliphatic carbocycles. The van der Waals surface area contributed by atoms with E-state index in [1.165, 1.54) is 12.9 Å². The van der Waals surface area contributed by atoms with Crippen LogP contribution in [0.25, 0.3) is 0 Å². The highest BCUT2D eigenvalue weighted by atomic mass is 16.5. The fraction of sp³-hybridized carbons (Fsp3) is 0.857. The minimum absolute atomic E-state index is 0.509. The van der Waals surface area contributed by atoms with Crippen LogP contribution in [0.5, 0.6) is 0 Å². The molecule has 3 heteroatoms. The van der Waals surface area contributed by atoms with Crippen LogP contribution in [-0.4, -0.2) is 26.2 Å². The third-order valence-electron chi connectivity index (χ3n) is 1.78. The van der Waals surface area contributed by atoms with Crippen molar-refractivity contribution < 1.29 is 9.53 Å². The van der Waals surface area contributed by atoms with E-state index in [4.69, 9.17) is 0 Å². The van der Waals surface area contributed by atoms with Gasteiger partial charge >= 0.3 is 6.47 Å². The summed E-state index contributed by atoms with van der Waals surface area (Å²) in [4.78, 5) is 9.68. The molecule has 1 fully saturated rings. The van der Waals surface area contributed by atoms with E-state index in [-0.39, 0.29) is 0 Å². The summed E-state index contributed by atoms with van der Waals surface area (Å²) >= 11 is 0. The summed E-state index contributed by atoms with van der Waals surface area (Å²) in [6.07, 6.45) is 2.35. The van der Waals surface area contributed by atoms with Gasteiger partial charge in [0.1, 0.15) is 0 Å². The van der Waals surface area contributed by atoms with Crippen molar-refractivity contribution in [2.45, 2.75) is 12.8 Å². The maximum absolute atomic E-state index is 9.68. The quantitative estimate of drug-likeness (QED) is 0.606. The molecular formula is C7H12NO2. The van der Waals surface area contributed by atoms with E-state index >= 15 is 0 Å². The first kappa shape index (κ1) is 7.54. The zero-order valence-electron chi connectivity index (χ0n) is 5.93. The van der Waals surface area contributed by atoms with Gasteiger partial charge in [-0.2, -0.15) is 0 Å². The minimum Gasteiger partial charge on any atom is -0.457 e. The first-order valence-electron chi connectivity index (χ1n) is 3.63. The number of hydrogen-bond acceptors (Lipinski definition) is 3. The van der Waals surface area contributed by atoms with Crippen molar-refractivity contribution in [3.63, 3.8) is 0 Å². The number of carbonyl (C=O) groups excluding carboxylic acids is 1. The lowest BCUT2D eigenvalue weighted by Gasteiger charge is -2.20. The maximum Gasteiger partial charge on any atom is 0.417 e. The third kappa shape index (κ3) is 2.35. The lowest BCUT2D eigenvalue weighted by molar-refractivity contribution is 0.198. The Balaban J connectivity index is 2.07. The molecule has 0 saturated carbocycles. The summed E-state index contributed by atoms with van der Waals surface area (Å²) in [5.74, 6) is 0.509. The molecule has 1 N–H and O–H groups in total. The van der Waals surface area contributed by atoms with Gasteiger partial charge in [-0.15, -0.1) is 0 Å². The predicted octanol–water partition coefficient (Wildman–Crippen LogP) is 0.0698. The smallest absolute Gasteiger partial charge is 0.417 e. The Morgan fingerprint density at radius 1 is 1.70 bits per heavy atom. The normalized spacial score (nSPS) is 25.8. The molecule has 0 aromatic carbocycles. The van der Waals surface area contributed by atoms with Crippen LogP contribution in [0.1, 0.15) is 12.8 Å². The fourth-order valence-corrected chi connectivity index (χ4v) is 1.22. The van der Waals surface area contributed by atoms with Crippen LogP contribution >= 0.6 is 0 Å². The number of rotatable bonds is 3. The number of ether oxygens (including phenoxy) is 1. The Morgan fingerprint density at radius 2 is 2.60 bits per heavy atom. The fourth-order valence-electron chi connectivity index (χ4n) is 1.22. The molecule has 3 nitrogen and oxygen atoms in total. The molecule has 1 saturated heterocycles. The van der Waals surface area contributed by atoms with Gasteiger partial charge in [-0.25, -0.2) is 4.79 Å². The summed E-state index contributed by atoms with van der Waals surface area (Å²) in [5.41, 5.74) is 0. The van der Waals surface area contributed by atoms with Crippen LogP contribution in [0.3, 0.4) is 0 Å². The van der Waals surface area contributed by atoms with Gasteiger partial charge in [0.2, 0.25) is 0 Å². The van der Waals surface area contributed by atoms with E-state index in [2.05, 4.69) is 10.1 Å². The van der Waals surface area contributed by atoms with Gasteiger partial charge in [-0.1, -0.05) is 0 Å². The zero-order chi connectivity index (χ0) is 7.23. The summed E-state index contributed by atoms with van der Waals surface area (Å²) in [6, 6.07) is 0. The number of nitrogens with one attached hydrogen (secondary N) is 1. The van der Waals surface area contributed by atoms with Gasteiger partial charge in [0.05, 0.1) is 6.61 Å². The van der Waals surface area contributed by atoms with Crippen LogP contribution in [0, 0.1) is 5.92 Å². The Morgan fingerprint density at radius 3 is 3.20 bits per heavy atom. The van der Waals surface area contributed by atoms with Crippen LogP contribution in [0.15, 0.2) is 0 Å². The van der Waals surface area contributed by atoms with Crippen LogP contribution in [0.4, 0.5) is 0 Å². The van der Waals surface area contributed by atoms with Crippen molar-refractivity contribution in [2.75, 3.05) is 19.7 Å². The minimum atomic E-state index is 0.509. The van der Waals surface area contributed by atoms with Crippen molar-refractivity contribution in [3.05, 3.63) is 0 Å². The van der Waals surface area contributed by atoms with Gasteiger partial charge < -0.3 is 10.1 Å². The average molecular weight is 142 g/mol. The SMILES string of the molecule is O=[C]OCC1CCCNC1. The molecule has 0 aromatic heterocycles. The number of hydrogen-bond donors (Lipinski definition) is 1. The molecule has 1 heterocycles. The topological polar surface area (TPSA) is 38.3 Å². The summed E-state index contributed by atoms with van der Waals surface area (Å²) in [6.45, 7) is 4.03. The third-order valence-corrected chi connectivity index (χ3v) is 1.78. The summed E-state index contributed by atoms with van der Waals surface area (Å²) < 4.78 is 4.53. The molecule has 0 amide bonds. The van der Waals surface area contributed by atoms with Gasteiger partial charge in [0.25, 0.3) is 0 Å². The lowest BCUT2D eigenvalue weighted by Crippen LogP contribution is -2.32. The second kappa shape index (κ2) is 4.28. The molecule has 1 aliphatic rings. The van der Waals surface area contributed by atoms with Crippen LogP contribution in [0.2, 0.25) is 0 Å². The Kier molecular flexibility index (Phi) is 3.22. The number of piperidine rings is 1. The highest BCUT2D eigenvalue weighted by Gasteiger charge is 2.12. The Labute approximate surface area is 60.7 Å². The lowest BCUT2D eigenvalue weighted by atomic mass is 10.0. The van der Waals surface area contributed by atoms with Crippen molar-refractivity contribution >= 4 is 6.47 Å². The standard InChI is InChI=1S/C7H12NO2/c9-6-10-5-7-2-1-3-8-4-7/h7-8H,1-5H2. The molecule has 1 atom stereocenters. The van der Waals surface area contributed by atoms with Crippen molar-refractivity contribution in [2.24, 2.45) is 5.92 Å². The molecule has 0 spiro atoms. The molecule has 57 valence electrons. The first-order valence-corrected chi connectivity index (χ1v) is 3.63. The summed E-state index contributed by atoms with van der Waals surface area (Å²) in [5, 5.41) is 3.23. The highest BCUT2D eigenvalue weighted by molar-refractivity contribution is 5.38. The van der Waals surface area contributed by atoms with E-state index in [9.17, 15) is 4.79 Å². The van der Waals surface area contributed by atoms with E-state index < -0.39 is 0 Å². The van der Waals surface area contributed by atoms with Crippen molar-refractivity contribution in [1.82, 2.24) is 5.32 Å². The molecule has 1 rings (SSSR count). The second-order valence-corrected chi connectivity index (χ2v) is 2.61. The van der Waals surface area contributed by atoms with Gasteiger partial charge in [0, 0.05) is 12.5 Å². The zero-order valence-corrected chi connectivity index (χ0v) is 5.93. The highest BCUT2D eigenvalue weighted by Crippen LogP contribution is 2.08. The molecule has 1 aliphatic heterocycles. The first-order chi connectivity index (χ1) is 4.93. The van der Waals surface area contributed by atoms with Gasteiger partial charge in [-0.3, -0.25) is 0 Å². The molecular weight excluding hydrogens is 130 g/mol. The summed E-state index contributed by atoms with van der Waals surface area (Å²) in [7, 11) is 0. The molecule has 0 bridgehead atoms. The molecule has 10 heavy (non-hydrogen) atoms. The van der Waals surface area contributed by atoms with E-state index in [0.29, 0.717) is 12.5 Å². The maximum atomic E-state index is 9.68. The average Bonchev–Trinajstić information content (AvgIpc) is 2.03. The van der Waals surface area contributed by atoms with E-state index in [0.717, 1.165) is 19.5 Å². The predicted molar refractivity (Wildman–Crippen MR) is 37.2 cm³/mol. The largest absolute Gasteiger partial charge is 0.457 e. The molecule has 1 unspecified atom stereocenters. The second-order valence-electron chi connectivity index (χ2n) is 2.61. The molecule has 1 radical (unpaired) electrons. The van der Waals surface area contributed by atoms with E-state index in [1.54, 1.807) is 0 Å².